The Morgan fingerprint density at radius 3 is 2.31 bits per heavy atom. The molecule has 4 heteroatoms. The second-order valence-electron chi connectivity index (χ2n) is 3.36. The number of nitrogens with two attached hydrogens (primary N) is 1. The number of anilines is 1. The highest BCUT2D eigenvalue weighted by Gasteiger charge is 2.10. The van der Waals surface area contributed by atoms with E-state index in [9.17, 15) is 13.2 Å². The summed E-state index contributed by atoms with van der Waals surface area (Å²) < 4.78 is 39.1. The summed E-state index contributed by atoms with van der Waals surface area (Å²) in [5.74, 6) is -2.08. The maximum Gasteiger partial charge on any atom is 0.149 e. The first-order valence-electron chi connectivity index (χ1n) is 4.58. The lowest BCUT2D eigenvalue weighted by Gasteiger charge is -2.07. The molecular weight excluding hydrogens is 215 g/mol. The average molecular weight is 223 g/mol. The molecule has 2 rings (SSSR count). The van der Waals surface area contributed by atoms with Crippen LogP contribution in [0.5, 0.6) is 0 Å². The van der Waals surface area contributed by atoms with Crippen molar-refractivity contribution in [3.05, 3.63) is 53.8 Å². The van der Waals surface area contributed by atoms with E-state index in [0.29, 0.717) is 11.6 Å². The Kier molecular flexibility index (Phi) is 2.56. The van der Waals surface area contributed by atoms with E-state index < -0.39 is 17.5 Å². The van der Waals surface area contributed by atoms with E-state index >= 15 is 0 Å². The third kappa shape index (κ3) is 1.86. The van der Waals surface area contributed by atoms with Crippen LogP contribution < -0.4 is 5.73 Å². The van der Waals surface area contributed by atoms with Gasteiger partial charge in [-0.25, -0.2) is 13.2 Å². The number of nitrogen functional groups attached to an aromatic ring is 1. The molecule has 2 aromatic rings. The first-order valence-corrected chi connectivity index (χ1v) is 4.58. The van der Waals surface area contributed by atoms with E-state index in [1.54, 1.807) is 0 Å². The number of hydrogen-bond donors (Lipinski definition) is 1. The minimum Gasteiger partial charge on any atom is -0.396 e. The van der Waals surface area contributed by atoms with Gasteiger partial charge in [0.05, 0.1) is 5.69 Å². The minimum absolute atomic E-state index is 0.150. The molecule has 0 atom stereocenters. The van der Waals surface area contributed by atoms with Crippen LogP contribution in [0.4, 0.5) is 18.9 Å². The highest BCUT2D eigenvalue weighted by atomic mass is 19.1. The molecule has 82 valence electrons. The quantitative estimate of drug-likeness (QED) is 0.737. The summed E-state index contributed by atoms with van der Waals surface area (Å²) in [5, 5.41) is 0. The molecule has 0 bridgehead atoms. The van der Waals surface area contributed by atoms with E-state index in [4.69, 9.17) is 5.73 Å². The van der Waals surface area contributed by atoms with E-state index in [2.05, 4.69) is 0 Å². The standard InChI is InChI=1S/C12H8F3N/c13-8-3-1-2-7(4-8)10-5-9(14)6-11(15)12(10)16/h1-6H,16H2. The van der Waals surface area contributed by atoms with Crippen molar-refractivity contribution in [2.75, 3.05) is 5.73 Å². The summed E-state index contributed by atoms with van der Waals surface area (Å²) in [7, 11) is 0. The predicted molar refractivity (Wildman–Crippen MR) is 56.2 cm³/mol. The molecule has 0 aliphatic heterocycles. The van der Waals surface area contributed by atoms with Gasteiger partial charge in [0.15, 0.2) is 0 Å². The summed E-state index contributed by atoms with van der Waals surface area (Å²) in [6.45, 7) is 0. The van der Waals surface area contributed by atoms with Crippen LogP contribution in [0.1, 0.15) is 0 Å². The van der Waals surface area contributed by atoms with Gasteiger partial charge in [-0.05, 0) is 23.8 Å². The van der Waals surface area contributed by atoms with E-state index in [1.165, 1.54) is 24.3 Å². The second kappa shape index (κ2) is 3.89. The topological polar surface area (TPSA) is 26.0 Å². The normalized spacial score (nSPS) is 10.4. The molecule has 0 spiro atoms. The summed E-state index contributed by atoms with van der Waals surface area (Å²) in [4.78, 5) is 0. The van der Waals surface area contributed by atoms with Crippen molar-refractivity contribution in [1.82, 2.24) is 0 Å². The second-order valence-corrected chi connectivity index (χ2v) is 3.36. The molecule has 16 heavy (non-hydrogen) atoms. The fourth-order valence-electron chi connectivity index (χ4n) is 1.48. The van der Waals surface area contributed by atoms with Gasteiger partial charge in [-0.2, -0.15) is 0 Å². The van der Waals surface area contributed by atoms with Crippen molar-refractivity contribution in [3.8, 4) is 11.1 Å². The van der Waals surface area contributed by atoms with Gasteiger partial charge in [0.1, 0.15) is 17.5 Å². The highest BCUT2D eigenvalue weighted by molar-refractivity contribution is 5.76. The molecular formula is C12H8F3N. The fraction of sp³-hybridized carbons (Fsp3) is 0. The molecule has 0 amide bonds. The Labute approximate surface area is 90.3 Å². The van der Waals surface area contributed by atoms with Crippen LogP contribution in [0.15, 0.2) is 36.4 Å². The summed E-state index contributed by atoms with van der Waals surface area (Å²) in [6, 6.07) is 7.17. The predicted octanol–water partition coefficient (Wildman–Crippen LogP) is 3.35. The third-order valence-corrected chi connectivity index (χ3v) is 2.23. The molecule has 0 radical (unpaired) electrons. The molecule has 0 heterocycles. The van der Waals surface area contributed by atoms with Crippen molar-refractivity contribution < 1.29 is 13.2 Å². The summed E-state index contributed by atoms with van der Waals surface area (Å²) in [6.07, 6.45) is 0. The molecule has 0 aromatic heterocycles. The van der Waals surface area contributed by atoms with Crippen molar-refractivity contribution in [2.24, 2.45) is 0 Å². The largest absolute Gasteiger partial charge is 0.396 e. The van der Waals surface area contributed by atoms with Crippen LogP contribution in [0, 0.1) is 17.5 Å². The Bertz CT molecular complexity index is 538. The lowest BCUT2D eigenvalue weighted by atomic mass is 10.0. The number of benzene rings is 2. The Balaban J connectivity index is 2.64. The molecule has 0 unspecified atom stereocenters. The van der Waals surface area contributed by atoms with Crippen LogP contribution in [0.3, 0.4) is 0 Å². The van der Waals surface area contributed by atoms with Crippen LogP contribution in [-0.4, -0.2) is 0 Å². The Hall–Kier alpha value is -1.97. The SMILES string of the molecule is Nc1c(F)cc(F)cc1-c1cccc(F)c1. The smallest absolute Gasteiger partial charge is 0.149 e. The number of halogens is 3. The van der Waals surface area contributed by atoms with Crippen molar-refractivity contribution in [3.63, 3.8) is 0 Å². The third-order valence-electron chi connectivity index (χ3n) is 2.23. The van der Waals surface area contributed by atoms with Gasteiger partial charge < -0.3 is 5.73 Å². The van der Waals surface area contributed by atoms with Gasteiger partial charge in [-0.1, -0.05) is 12.1 Å². The van der Waals surface area contributed by atoms with Gasteiger partial charge in [0.2, 0.25) is 0 Å². The van der Waals surface area contributed by atoms with Gasteiger partial charge >= 0.3 is 0 Å². The van der Waals surface area contributed by atoms with Crippen molar-refractivity contribution in [2.45, 2.75) is 0 Å². The van der Waals surface area contributed by atoms with E-state index in [-0.39, 0.29) is 11.3 Å². The molecule has 0 aliphatic rings. The lowest BCUT2D eigenvalue weighted by molar-refractivity contribution is 0.587. The first kappa shape index (κ1) is 10.5. The molecule has 0 aliphatic carbocycles. The van der Waals surface area contributed by atoms with Crippen molar-refractivity contribution in [1.29, 1.82) is 0 Å². The molecule has 0 saturated heterocycles. The van der Waals surface area contributed by atoms with Gasteiger partial charge in [-0.3, -0.25) is 0 Å². The van der Waals surface area contributed by atoms with Crippen LogP contribution >= 0.6 is 0 Å². The van der Waals surface area contributed by atoms with Gasteiger partial charge in [-0.15, -0.1) is 0 Å². The van der Waals surface area contributed by atoms with Gasteiger partial charge in [0.25, 0.3) is 0 Å². The van der Waals surface area contributed by atoms with Crippen LogP contribution in [0.25, 0.3) is 11.1 Å². The Morgan fingerprint density at radius 1 is 0.875 bits per heavy atom. The van der Waals surface area contributed by atoms with E-state index in [0.717, 1.165) is 6.07 Å². The van der Waals surface area contributed by atoms with Gasteiger partial charge in [0, 0.05) is 11.6 Å². The zero-order valence-electron chi connectivity index (χ0n) is 8.18. The minimum atomic E-state index is -0.848. The molecule has 0 fully saturated rings. The maximum absolute atomic E-state index is 13.2. The molecule has 2 N–H and O–H groups in total. The fourth-order valence-corrected chi connectivity index (χ4v) is 1.48. The number of rotatable bonds is 1. The zero-order chi connectivity index (χ0) is 11.7. The maximum atomic E-state index is 13.2. The Morgan fingerprint density at radius 2 is 1.62 bits per heavy atom. The summed E-state index contributed by atoms with van der Waals surface area (Å²) in [5.41, 5.74) is 5.77. The molecule has 0 saturated carbocycles. The highest BCUT2D eigenvalue weighted by Crippen LogP contribution is 2.29. The van der Waals surface area contributed by atoms with Crippen LogP contribution in [0.2, 0.25) is 0 Å². The monoisotopic (exact) mass is 223 g/mol. The number of hydrogen-bond acceptors (Lipinski definition) is 1. The lowest BCUT2D eigenvalue weighted by Crippen LogP contribution is -1.96. The summed E-state index contributed by atoms with van der Waals surface area (Å²) >= 11 is 0. The van der Waals surface area contributed by atoms with E-state index in [1.807, 2.05) is 0 Å². The average Bonchev–Trinajstić information content (AvgIpc) is 2.23. The molecule has 2 aromatic carbocycles. The molecule has 1 nitrogen and oxygen atoms in total. The zero-order valence-corrected chi connectivity index (χ0v) is 8.18. The first-order chi connectivity index (χ1) is 7.58. The van der Waals surface area contributed by atoms with Crippen molar-refractivity contribution >= 4 is 5.69 Å². The van der Waals surface area contributed by atoms with Crippen LogP contribution in [-0.2, 0) is 0 Å².